The van der Waals surface area contributed by atoms with Crippen molar-refractivity contribution in [3.8, 4) is 0 Å². The Hall–Kier alpha value is -5.77. The summed E-state index contributed by atoms with van der Waals surface area (Å²) in [6, 6.07) is 11.1. The molecule has 290 valence electrons. The number of hydrogen-bond acceptors (Lipinski definition) is 8. The number of carbonyl (C=O) groups is 7. The standard InChI is InChI=1S/C38H51N9O7/c1-22(2)16-25-21-43-29(19-33(40)49)37(53)45-28(12-13-32(39)48)36(52)47-31(18-24-20-42-27-11-7-6-10-26(24)27)38(54)46-30(17-23-8-4-3-5-9-23)35(51)41-15-14-34(50)44-25/h3-11,20,22,25,28-31,42-43H,12-19,21H2,1-2H3,(H2,39,48)(H2,40,49)(H,41,51)(H,44,50)(H,45,53)(H,46,54)(H,47,52)/t25-,28-,29-,30-,31-/m0/s1. The van der Waals surface area contributed by atoms with Crippen LogP contribution in [0.2, 0.25) is 0 Å². The van der Waals surface area contributed by atoms with Crippen molar-refractivity contribution in [1.82, 2.24) is 36.9 Å². The maximum atomic E-state index is 14.2. The van der Waals surface area contributed by atoms with E-state index in [-0.39, 0.29) is 57.0 Å². The zero-order valence-electron chi connectivity index (χ0n) is 30.6. The monoisotopic (exact) mass is 745 g/mol. The van der Waals surface area contributed by atoms with Crippen LogP contribution in [-0.2, 0) is 46.4 Å². The lowest BCUT2D eigenvalue weighted by Gasteiger charge is -2.27. The van der Waals surface area contributed by atoms with Crippen LogP contribution < -0.4 is 43.4 Å². The molecule has 2 heterocycles. The minimum absolute atomic E-state index is 0.0129. The predicted molar refractivity (Wildman–Crippen MR) is 201 cm³/mol. The Morgan fingerprint density at radius 1 is 0.741 bits per heavy atom. The van der Waals surface area contributed by atoms with Gasteiger partial charge < -0.3 is 48.4 Å². The number of nitrogens with two attached hydrogens (primary N) is 2. The molecular weight excluding hydrogens is 694 g/mol. The Balaban J connectivity index is 1.72. The molecule has 7 amide bonds. The van der Waals surface area contributed by atoms with Crippen molar-refractivity contribution in [3.05, 3.63) is 71.9 Å². The van der Waals surface area contributed by atoms with Gasteiger partial charge in [-0.3, -0.25) is 33.6 Å². The third-order valence-electron chi connectivity index (χ3n) is 9.06. The van der Waals surface area contributed by atoms with Gasteiger partial charge in [0.2, 0.25) is 41.4 Å². The van der Waals surface area contributed by atoms with Crippen LogP contribution in [-0.4, -0.2) is 89.6 Å². The summed E-state index contributed by atoms with van der Waals surface area (Å²) < 4.78 is 0. The molecule has 54 heavy (non-hydrogen) atoms. The zero-order valence-corrected chi connectivity index (χ0v) is 30.6. The molecule has 0 unspecified atom stereocenters. The highest BCUT2D eigenvalue weighted by Gasteiger charge is 2.33. The molecule has 11 N–H and O–H groups in total. The number of aromatic amines is 1. The van der Waals surface area contributed by atoms with E-state index in [2.05, 4.69) is 36.9 Å². The maximum Gasteiger partial charge on any atom is 0.243 e. The van der Waals surface area contributed by atoms with Crippen LogP contribution in [0.15, 0.2) is 60.8 Å². The molecule has 4 rings (SSSR count). The Labute approximate surface area is 313 Å². The van der Waals surface area contributed by atoms with Gasteiger partial charge in [0.15, 0.2) is 0 Å². The summed E-state index contributed by atoms with van der Waals surface area (Å²) >= 11 is 0. The fourth-order valence-electron chi connectivity index (χ4n) is 6.39. The molecule has 16 nitrogen and oxygen atoms in total. The lowest BCUT2D eigenvalue weighted by atomic mass is 10.0. The number of carbonyl (C=O) groups excluding carboxylic acids is 7. The third kappa shape index (κ3) is 12.7. The SMILES string of the molecule is CC(C)C[C@H]1CN[C@@H](CC(N)=O)C(=O)N[C@@H](CCC(N)=O)C(=O)N[C@@H](Cc2c[nH]c3ccccc23)C(=O)N[C@@H](Cc2ccccc2)C(=O)NCCC(=O)N1. The van der Waals surface area contributed by atoms with Crippen molar-refractivity contribution in [1.29, 1.82) is 0 Å². The summed E-state index contributed by atoms with van der Waals surface area (Å²) in [7, 11) is 0. The second kappa shape index (κ2) is 19.9. The summed E-state index contributed by atoms with van der Waals surface area (Å²) in [5, 5.41) is 17.6. The molecule has 0 spiro atoms. The summed E-state index contributed by atoms with van der Waals surface area (Å²) in [5.74, 6) is -4.52. The van der Waals surface area contributed by atoms with Gasteiger partial charge in [-0.15, -0.1) is 0 Å². The smallest absolute Gasteiger partial charge is 0.243 e. The number of hydrogen-bond donors (Lipinski definition) is 9. The average Bonchev–Trinajstić information content (AvgIpc) is 3.53. The topological polar surface area (TPSA) is 259 Å². The molecule has 5 atom stereocenters. The number of aromatic nitrogens is 1. The first-order chi connectivity index (χ1) is 25.8. The average molecular weight is 746 g/mol. The van der Waals surface area contributed by atoms with Gasteiger partial charge in [0, 0.05) is 61.9 Å². The van der Waals surface area contributed by atoms with E-state index in [1.54, 1.807) is 18.3 Å². The molecule has 1 aliphatic rings. The fraction of sp³-hybridized carbons (Fsp3) is 0.447. The molecule has 3 aromatic rings. The van der Waals surface area contributed by atoms with Gasteiger partial charge in [0.05, 0.1) is 12.5 Å². The first-order valence-corrected chi connectivity index (χ1v) is 18.2. The normalized spacial score (nSPS) is 22.5. The number of primary amides is 2. The largest absolute Gasteiger partial charge is 0.370 e. The first kappa shape index (κ1) is 41.0. The van der Waals surface area contributed by atoms with E-state index in [4.69, 9.17) is 11.5 Å². The van der Waals surface area contributed by atoms with E-state index < -0.39 is 72.1 Å². The molecule has 1 aromatic heterocycles. The number of nitrogens with one attached hydrogen (secondary N) is 7. The van der Waals surface area contributed by atoms with E-state index in [1.165, 1.54) is 0 Å². The minimum atomic E-state index is -1.36. The second-order valence-electron chi connectivity index (χ2n) is 14.0. The second-order valence-corrected chi connectivity index (χ2v) is 14.0. The first-order valence-electron chi connectivity index (χ1n) is 18.2. The summed E-state index contributed by atoms with van der Waals surface area (Å²) in [6.45, 7) is 3.97. The van der Waals surface area contributed by atoms with Gasteiger partial charge in [-0.25, -0.2) is 0 Å². The van der Waals surface area contributed by atoms with Crippen molar-refractivity contribution in [2.45, 2.75) is 89.0 Å². The molecule has 0 bridgehead atoms. The lowest BCUT2D eigenvalue weighted by Crippen LogP contribution is -2.59. The Morgan fingerprint density at radius 2 is 1.37 bits per heavy atom. The highest BCUT2D eigenvalue weighted by atomic mass is 16.2. The van der Waals surface area contributed by atoms with Gasteiger partial charge in [0.25, 0.3) is 0 Å². The molecular formula is C38H51N9O7. The van der Waals surface area contributed by atoms with E-state index in [9.17, 15) is 33.6 Å². The molecule has 0 radical (unpaired) electrons. The zero-order chi connectivity index (χ0) is 39.2. The molecule has 0 saturated carbocycles. The molecule has 1 saturated heterocycles. The van der Waals surface area contributed by atoms with Gasteiger partial charge in [0.1, 0.15) is 18.1 Å². The summed E-state index contributed by atoms with van der Waals surface area (Å²) in [6.07, 6.45) is 1.33. The molecule has 1 fully saturated rings. The van der Waals surface area contributed by atoms with Crippen LogP contribution >= 0.6 is 0 Å². The number of rotatable bonds is 11. The van der Waals surface area contributed by atoms with Crippen molar-refractivity contribution in [2.75, 3.05) is 13.1 Å². The van der Waals surface area contributed by atoms with Crippen LogP contribution in [0, 0.1) is 5.92 Å². The van der Waals surface area contributed by atoms with Gasteiger partial charge in [-0.05, 0) is 36.0 Å². The molecule has 16 heteroatoms. The van der Waals surface area contributed by atoms with E-state index >= 15 is 0 Å². The minimum Gasteiger partial charge on any atom is -0.370 e. The van der Waals surface area contributed by atoms with E-state index in [1.807, 2.05) is 56.3 Å². The van der Waals surface area contributed by atoms with Crippen LogP contribution in [0.4, 0.5) is 0 Å². The highest BCUT2D eigenvalue weighted by molar-refractivity contribution is 5.96. The van der Waals surface area contributed by atoms with Crippen molar-refractivity contribution < 1.29 is 33.6 Å². The Bertz CT molecular complexity index is 1800. The third-order valence-corrected chi connectivity index (χ3v) is 9.06. The quantitative estimate of drug-likeness (QED) is 0.124. The van der Waals surface area contributed by atoms with Gasteiger partial charge in [-0.2, -0.15) is 0 Å². The highest BCUT2D eigenvalue weighted by Crippen LogP contribution is 2.20. The van der Waals surface area contributed by atoms with Crippen LogP contribution in [0.5, 0.6) is 0 Å². The number of benzene rings is 2. The number of fused-ring (bicyclic) bond motifs is 1. The van der Waals surface area contributed by atoms with Crippen molar-refractivity contribution in [2.24, 2.45) is 17.4 Å². The van der Waals surface area contributed by atoms with E-state index in [0.717, 1.165) is 16.5 Å². The fourth-order valence-corrected chi connectivity index (χ4v) is 6.39. The molecule has 0 aliphatic carbocycles. The van der Waals surface area contributed by atoms with Crippen LogP contribution in [0.3, 0.4) is 0 Å². The number of H-pyrrole nitrogens is 1. The summed E-state index contributed by atoms with van der Waals surface area (Å²) in [4.78, 5) is 95.7. The Morgan fingerprint density at radius 3 is 2.06 bits per heavy atom. The molecule has 1 aliphatic heterocycles. The lowest BCUT2D eigenvalue weighted by molar-refractivity contribution is -0.134. The number of amides is 7. The Kier molecular flexibility index (Phi) is 15.1. The van der Waals surface area contributed by atoms with Gasteiger partial charge >= 0.3 is 0 Å². The van der Waals surface area contributed by atoms with Crippen molar-refractivity contribution in [3.63, 3.8) is 0 Å². The maximum absolute atomic E-state index is 14.2. The van der Waals surface area contributed by atoms with Crippen LogP contribution in [0.1, 0.15) is 57.1 Å². The van der Waals surface area contributed by atoms with Crippen molar-refractivity contribution >= 4 is 52.3 Å². The molecule has 2 aromatic carbocycles. The van der Waals surface area contributed by atoms with Gasteiger partial charge in [-0.1, -0.05) is 62.4 Å². The predicted octanol–water partition coefficient (Wildman–Crippen LogP) is -0.443. The number of para-hydroxylation sites is 1. The summed E-state index contributed by atoms with van der Waals surface area (Å²) in [5.41, 5.74) is 13.2. The van der Waals surface area contributed by atoms with Crippen LogP contribution in [0.25, 0.3) is 10.9 Å². The van der Waals surface area contributed by atoms with E-state index in [0.29, 0.717) is 12.0 Å².